The molecule has 4 heterocycles. The standard InChI is InChI=1S/C26H29N7O4/c1-15(34)24(35)32-12-10-18(11-13-32)33-23-21(31(3)26(33)37)14-28-20-9-8-19(30-22(20)23)16-4-6-17(7-5-16)29-25(36)27-2/h4-9,14-15,18,34H,10-13H2,1-3H3,(H2,27,29,36). The predicted octanol–water partition coefficient (Wildman–Crippen LogP) is 2.25. The van der Waals surface area contributed by atoms with Crippen LogP contribution in [-0.4, -0.2) is 67.3 Å². The monoisotopic (exact) mass is 503 g/mol. The number of amides is 3. The molecule has 192 valence electrons. The summed E-state index contributed by atoms with van der Waals surface area (Å²) in [6.45, 7) is 2.41. The lowest BCUT2D eigenvalue weighted by molar-refractivity contribution is -0.140. The molecule has 0 radical (unpaired) electrons. The average Bonchev–Trinajstić information content (AvgIpc) is 3.18. The van der Waals surface area contributed by atoms with Crippen LogP contribution in [-0.2, 0) is 11.8 Å². The van der Waals surface area contributed by atoms with Gasteiger partial charge in [-0.1, -0.05) is 12.1 Å². The van der Waals surface area contributed by atoms with Crippen molar-refractivity contribution in [3.05, 3.63) is 53.1 Å². The van der Waals surface area contributed by atoms with Crippen LogP contribution in [0.3, 0.4) is 0 Å². The largest absolute Gasteiger partial charge is 0.384 e. The van der Waals surface area contributed by atoms with Crippen LogP contribution < -0.4 is 16.3 Å². The van der Waals surface area contributed by atoms with Crippen molar-refractivity contribution in [3.8, 4) is 11.3 Å². The van der Waals surface area contributed by atoms with Crippen LogP contribution in [0, 0.1) is 0 Å². The maximum atomic E-state index is 13.4. The molecule has 1 aliphatic rings. The van der Waals surface area contributed by atoms with Gasteiger partial charge in [-0.2, -0.15) is 0 Å². The van der Waals surface area contributed by atoms with E-state index in [9.17, 15) is 19.5 Å². The molecule has 1 fully saturated rings. The van der Waals surface area contributed by atoms with Crippen molar-refractivity contribution in [2.75, 3.05) is 25.5 Å². The van der Waals surface area contributed by atoms with Crippen LogP contribution in [0.15, 0.2) is 47.4 Å². The van der Waals surface area contributed by atoms with E-state index < -0.39 is 6.10 Å². The molecular formula is C26H29N7O4. The number of hydrogen-bond donors (Lipinski definition) is 3. The predicted molar refractivity (Wildman–Crippen MR) is 140 cm³/mol. The Bertz CT molecular complexity index is 1550. The number of aromatic nitrogens is 4. The molecule has 3 amide bonds. The second kappa shape index (κ2) is 9.66. The Morgan fingerprint density at radius 3 is 2.46 bits per heavy atom. The van der Waals surface area contributed by atoms with Crippen molar-refractivity contribution in [1.29, 1.82) is 0 Å². The summed E-state index contributed by atoms with van der Waals surface area (Å²) in [5.41, 5.74) is 4.79. The van der Waals surface area contributed by atoms with E-state index in [0.717, 1.165) is 11.1 Å². The Balaban J connectivity index is 1.55. The number of carbonyl (C=O) groups is 2. The molecule has 37 heavy (non-hydrogen) atoms. The van der Waals surface area contributed by atoms with Crippen molar-refractivity contribution in [2.45, 2.75) is 31.9 Å². The molecule has 1 atom stereocenters. The zero-order chi connectivity index (χ0) is 26.3. The van der Waals surface area contributed by atoms with Gasteiger partial charge in [0.15, 0.2) is 0 Å². The summed E-state index contributed by atoms with van der Waals surface area (Å²) in [4.78, 5) is 48.3. The highest BCUT2D eigenvalue weighted by atomic mass is 16.3. The lowest BCUT2D eigenvalue weighted by atomic mass is 10.0. The third-order valence-electron chi connectivity index (χ3n) is 6.93. The molecule has 1 aromatic carbocycles. The number of aliphatic hydroxyl groups excluding tert-OH is 1. The smallest absolute Gasteiger partial charge is 0.329 e. The van der Waals surface area contributed by atoms with Crippen molar-refractivity contribution in [3.63, 3.8) is 0 Å². The lowest BCUT2D eigenvalue weighted by Gasteiger charge is -2.33. The number of likely N-dealkylation sites (tertiary alicyclic amines) is 1. The number of aliphatic hydroxyl groups is 1. The number of urea groups is 1. The summed E-state index contributed by atoms with van der Waals surface area (Å²) in [5.74, 6) is -0.291. The van der Waals surface area contributed by atoms with Gasteiger partial charge in [-0.05, 0) is 44.0 Å². The van der Waals surface area contributed by atoms with E-state index >= 15 is 0 Å². The highest BCUT2D eigenvalue weighted by Gasteiger charge is 2.29. The number of nitrogens with zero attached hydrogens (tertiary/aromatic N) is 5. The highest BCUT2D eigenvalue weighted by molar-refractivity contribution is 6.00. The maximum Gasteiger partial charge on any atom is 0.329 e. The van der Waals surface area contributed by atoms with Crippen LogP contribution in [0.1, 0.15) is 25.8 Å². The SMILES string of the molecule is CNC(=O)Nc1ccc(-c2ccc3ncc4c(c3n2)n(C2CCN(C(=O)C(C)O)CC2)c(=O)n4C)cc1. The van der Waals surface area contributed by atoms with Crippen LogP contribution in [0.5, 0.6) is 0 Å². The van der Waals surface area contributed by atoms with Crippen LogP contribution in [0.2, 0.25) is 0 Å². The van der Waals surface area contributed by atoms with E-state index in [2.05, 4.69) is 15.6 Å². The number of hydrogen-bond acceptors (Lipinski definition) is 6. The number of rotatable bonds is 4. The number of anilines is 1. The fourth-order valence-electron chi connectivity index (χ4n) is 4.91. The first-order chi connectivity index (χ1) is 17.8. The molecule has 11 heteroatoms. The first-order valence-electron chi connectivity index (χ1n) is 12.2. The molecule has 5 rings (SSSR count). The quantitative estimate of drug-likeness (QED) is 0.391. The van der Waals surface area contributed by atoms with E-state index in [1.54, 1.807) is 46.5 Å². The van der Waals surface area contributed by atoms with Gasteiger partial charge in [0, 0.05) is 44.5 Å². The van der Waals surface area contributed by atoms with E-state index in [1.165, 1.54) is 6.92 Å². The fraction of sp³-hybridized carbons (Fsp3) is 0.346. The number of carbonyl (C=O) groups excluding carboxylic acids is 2. The number of nitrogens with one attached hydrogen (secondary N) is 2. The Morgan fingerprint density at radius 1 is 1.11 bits per heavy atom. The minimum absolute atomic E-state index is 0.111. The van der Waals surface area contributed by atoms with E-state index in [1.807, 2.05) is 24.3 Å². The van der Waals surface area contributed by atoms with Crippen LogP contribution in [0.4, 0.5) is 10.5 Å². The van der Waals surface area contributed by atoms with Gasteiger partial charge in [-0.25, -0.2) is 14.6 Å². The van der Waals surface area contributed by atoms with E-state index in [4.69, 9.17) is 4.98 Å². The third-order valence-corrected chi connectivity index (χ3v) is 6.93. The van der Waals surface area contributed by atoms with Crippen molar-refractivity contribution in [1.82, 2.24) is 29.3 Å². The minimum atomic E-state index is -1.04. The minimum Gasteiger partial charge on any atom is -0.384 e. The second-order valence-electron chi connectivity index (χ2n) is 9.28. The summed E-state index contributed by atoms with van der Waals surface area (Å²) in [6.07, 6.45) is 1.85. The van der Waals surface area contributed by atoms with Gasteiger partial charge in [0.1, 0.15) is 11.6 Å². The summed E-state index contributed by atoms with van der Waals surface area (Å²) in [5, 5.41) is 14.9. The zero-order valence-electron chi connectivity index (χ0n) is 20.9. The number of aryl methyl sites for hydroxylation is 1. The maximum absolute atomic E-state index is 13.4. The van der Waals surface area contributed by atoms with Crippen LogP contribution >= 0.6 is 0 Å². The van der Waals surface area contributed by atoms with Crippen LogP contribution in [0.25, 0.3) is 33.3 Å². The molecule has 1 aliphatic heterocycles. The average molecular weight is 504 g/mol. The normalized spacial score (nSPS) is 15.2. The van der Waals surface area contributed by atoms with Gasteiger partial charge >= 0.3 is 11.7 Å². The molecule has 0 spiro atoms. The summed E-state index contributed by atoms with van der Waals surface area (Å²) < 4.78 is 3.37. The first-order valence-corrected chi connectivity index (χ1v) is 12.2. The number of pyridine rings is 2. The molecule has 11 nitrogen and oxygen atoms in total. The Kier molecular flexibility index (Phi) is 6.38. The first kappa shape index (κ1) is 24.4. The summed E-state index contributed by atoms with van der Waals surface area (Å²) in [6, 6.07) is 10.7. The van der Waals surface area contributed by atoms with Gasteiger partial charge in [0.25, 0.3) is 5.91 Å². The highest BCUT2D eigenvalue weighted by Crippen LogP contribution is 2.30. The molecule has 1 unspecified atom stereocenters. The molecule has 3 N–H and O–H groups in total. The van der Waals surface area contributed by atoms with Crippen molar-refractivity contribution in [2.24, 2.45) is 7.05 Å². The van der Waals surface area contributed by atoms with E-state index in [-0.39, 0.29) is 23.7 Å². The van der Waals surface area contributed by atoms with Crippen molar-refractivity contribution >= 4 is 39.7 Å². The van der Waals surface area contributed by atoms with Crippen molar-refractivity contribution < 1.29 is 14.7 Å². The Labute approximate surface area is 212 Å². The van der Waals surface area contributed by atoms with Gasteiger partial charge in [-0.15, -0.1) is 0 Å². The molecule has 1 saturated heterocycles. The van der Waals surface area contributed by atoms with Gasteiger partial charge in [-0.3, -0.25) is 18.9 Å². The molecule has 0 bridgehead atoms. The molecule has 0 saturated carbocycles. The lowest BCUT2D eigenvalue weighted by Crippen LogP contribution is -2.44. The van der Waals surface area contributed by atoms with Gasteiger partial charge < -0.3 is 20.6 Å². The number of benzene rings is 1. The molecule has 0 aliphatic carbocycles. The van der Waals surface area contributed by atoms with Gasteiger partial charge in [0.2, 0.25) is 0 Å². The Hall–Kier alpha value is -4.25. The topological polar surface area (TPSA) is 134 Å². The number of imidazole rings is 1. The third kappa shape index (κ3) is 4.42. The summed E-state index contributed by atoms with van der Waals surface area (Å²) in [7, 11) is 3.28. The zero-order valence-corrected chi connectivity index (χ0v) is 20.9. The fourth-order valence-corrected chi connectivity index (χ4v) is 4.91. The molecule has 3 aromatic heterocycles. The van der Waals surface area contributed by atoms with Gasteiger partial charge in [0.05, 0.1) is 28.4 Å². The summed E-state index contributed by atoms with van der Waals surface area (Å²) >= 11 is 0. The molecule has 4 aromatic rings. The Morgan fingerprint density at radius 2 is 1.81 bits per heavy atom. The van der Waals surface area contributed by atoms with E-state index in [0.29, 0.717) is 53.9 Å². The number of piperidine rings is 1. The second-order valence-corrected chi connectivity index (χ2v) is 9.28. The molecular weight excluding hydrogens is 474 g/mol. The number of fused-ring (bicyclic) bond motifs is 3.